The molecule has 2 aliphatic rings. The van der Waals surface area contributed by atoms with Crippen molar-refractivity contribution in [2.75, 3.05) is 18.8 Å². The Balaban J connectivity index is 1.73. The van der Waals surface area contributed by atoms with E-state index in [4.69, 9.17) is 4.18 Å². The van der Waals surface area contributed by atoms with E-state index in [1.807, 2.05) is 0 Å². The molecule has 0 N–H and O–H groups in total. The molecule has 4 nitrogen and oxygen atoms in total. The molecule has 0 amide bonds. The van der Waals surface area contributed by atoms with Gasteiger partial charge in [0.2, 0.25) is 0 Å². The van der Waals surface area contributed by atoms with Crippen LogP contribution in [0.15, 0.2) is 0 Å². The minimum atomic E-state index is -3.26. The van der Waals surface area contributed by atoms with E-state index in [1.54, 1.807) is 6.92 Å². The van der Waals surface area contributed by atoms with E-state index >= 15 is 0 Å². The summed E-state index contributed by atoms with van der Waals surface area (Å²) in [4.78, 5) is 2.37. The zero-order valence-electron chi connectivity index (χ0n) is 9.89. The first-order valence-electron chi connectivity index (χ1n) is 6.26. The van der Waals surface area contributed by atoms with Crippen molar-refractivity contribution in [2.45, 2.75) is 51.2 Å². The van der Waals surface area contributed by atoms with Gasteiger partial charge in [0, 0.05) is 19.1 Å². The SMILES string of the molecule is CCS(=O)(=O)OC1CN(C2CCCCC2)C1. The van der Waals surface area contributed by atoms with Crippen LogP contribution in [-0.2, 0) is 14.3 Å². The van der Waals surface area contributed by atoms with Crippen LogP contribution >= 0.6 is 0 Å². The molecule has 1 saturated heterocycles. The molecule has 94 valence electrons. The van der Waals surface area contributed by atoms with E-state index in [0.717, 1.165) is 13.1 Å². The predicted molar refractivity (Wildman–Crippen MR) is 62.8 cm³/mol. The standard InChI is InChI=1S/C11H21NO3S/c1-2-16(13,14)15-11-8-12(9-11)10-6-4-3-5-7-10/h10-11H,2-9H2,1H3. The molecule has 1 heterocycles. The topological polar surface area (TPSA) is 46.6 Å². The molecule has 0 bridgehead atoms. The number of nitrogens with zero attached hydrogens (tertiary/aromatic N) is 1. The fourth-order valence-electron chi connectivity index (χ4n) is 2.55. The fourth-order valence-corrected chi connectivity index (χ4v) is 3.22. The highest BCUT2D eigenvalue weighted by Crippen LogP contribution is 2.27. The monoisotopic (exact) mass is 247 g/mol. The van der Waals surface area contributed by atoms with Gasteiger partial charge in [0.15, 0.2) is 0 Å². The van der Waals surface area contributed by atoms with E-state index in [9.17, 15) is 8.42 Å². The largest absolute Gasteiger partial charge is 0.295 e. The highest BCUT2D eigenvalue weighted by molar-refractivity contribution is 7.86. The van der Waals surface area contributed by atoms with Crippen LogP contribution in [0.5, 0.6) is 0 Å². The van der Waals surface area contributed by atoms with Gasteiger partial charge in [-0.2, -0.15) is 8.42 Å². The smallest absolute Gasteiger partial charge is 0.267 e. The van der Waals surface area contributed by atoms with Gasteiger partial charge in [0.1, 0.15) is 6.10 Å². The van der Waals surface area contributed by atoms with E-state index < -0.39 is 10.1 Å². The van der Waals surface area contributed by atoms with Crippen LogP contribution in [-0.4, -0.2) is 44.3 Å². The van der Waals surface area contributed by atoms with E-state index in [1.165, 1.54) is 32.1 Å². The van der Waals surface area contributed by atoms with Crippen LogP contribution in [0, 0.1) is 0 Å². The average molecular weight is 247 g/mol. The number of hydrogen-bond donors (Lipinski definition) is 0. The molecule has 2 rings (SSSR count). The Morgan fingerprint density at radius 3 is 2.38 bits per heavy atom. The lowest BCUT2D eigenvalue weighted by Gasteiger charge is -2.44. The summed E-state index contributed by atoms with van der Waals surface area (Å²) < 4.78 is 27.6. The Bertz CT molecular complexity index is 316. The summed E-state index contributed by atoms with van der Waals surface area (Å²) in [7, 11) is -3.26. The fraction of sp³-hybridized carbons (Fsp3) is 1.00. The number of rotatable bonds is 4. The van der Waals surface area contributed by atoms with Crippen LogP contribution in [0.1, 0.15) is 39.0 Å². The summed E-state index contributed by atoms with van der Waals surface area (Å²) >= 11 is 0. The van der Waals surface area contributed by atoms with Crippen molar-refractivity contribution in [3.05, 3.63) is 0 Å². The van der Waals surface area contributed by atoms with Gasteiger partial charge in [0.05, 0.1) is 5.75 Å². The van der Waals surface area contributed by atoms with E-state index in [-0.39, 0.29) is 11.9 Å². The third-order valence-corrected chi connectivity index (χ3v) is 4.88. The maximum atomic E-state index is 11.2. The Kier molecular flexibility index (Phi) is 3.87. The molecule has 0 aromatic heterocycles. The third kappa shape index (κ3) is 2.96. The first-order valence-corrected chi connectivity index (χ1v) is 7.83. The first kappa shape index (κ1) is 12.3. The third-order valence-electron chi connectivity index (χ3n) is 3.60. The zero-order chi connectivity index (χ0) is 11.6. The first-order chi connectivity index (χ1) is 7.61. The molecule has 5 heteroatoms. The molecule has 1 aliphatic carbocycles. The van der Waals surface area contributed by atoms with Crippen LogP contribution in [0.25, 0.3) is 0 Å². The van der Waals surface area contributed by atoms with Crippen molar-refractivity contribution in [1.82, 2.24) is 4.90 Å². The Hall–Kier alpha value is -0.130. The van der Waals surface area contributed by atoms with Gasteiger partial charge in [-0.15, -0.1) is 0 Å². The molecule has 0 aromatic carbocycles. The maximum Gasteiger partial charge on any atom is 0.267 e. The molecule has 0 unspecified atom stereocenters. The van der Waals surface area contributed by atoms with Gasteiger partial charge in [0.25, 0.3) is 10.1 Å². The number of hydrogen-bond acceptors (Lipinski definition) is 4. The Morgan fingerprint density at radius 1 is 1.19 bits per heavy atom. The van der Waals surface area contributed by atoms with Gasteiger partial charge in [-0.05, 0) is 19.8 Å². The molecule has 1 aliphatic heterocycles. The Morgan fingerprint density at radius 2 is 1.81 bits per heavy atom. The summed E-state index contributed by atoms with van der Waals surface area (Å²) in [6.45, 7) is 3.21. The van der Waals surface area contributed by atoms with Crippen molar-refractivity contribution in [2.24, 2.45) is 0 Å². The molecule has 0 aromatic rings. The maximum absolute atomic E-state index is 11.2. The summed E-state index contributed by atoms with van der Waals surface area (Å²) in [5.41, 5.74) is 0. The van der Waals surface area contributed by atoms with Crippen molar-refractivity contribution in [3.8, 4) is 0 Å². The second-order valence-electron chi connectivity index (χ2n) is 4.81. The van der Waals surface area contributed by atoms with Crippen LogP contribution < -0.4 is 0 Å². The van der Waals surface area contributed by atoms with Crippen molar-refractivity contribution in [1.29, 1.82) is 0 Å². The van der Waals surface area contributed by atoms with Gasteiger partial charge in [-0.25, -0.2) is 0 Å². The Labute approximate surface area is 98.1 Å². The quantitative estimate of drug-likeness (QED) is 0.704. The van der Waals surface area contributed by atoms with Gasteiger partial charge >= 0.3 is 0 Å². The molecule has 2 fully saturated rings. The molecule has 16 heavy (non-hydrogen) atoms. The summed E-state index contributed by atoms with van der Waals surface area (Å²) in [6, 6.07) is 0.679. The van der Waals surface area contributed by atoms with Crippen molar-refractivity contribution in [3.63, 3.8) is 0 Å². The van der Waals surface area contributed by atoms with E-state index in [0.29, 0.717) is 6.04 Å². The predicted octanol–water partition coefficient (Wildman–Crippen LogP) is 1.37. The summed E-state index contributed by atoms with van der Waals surface area (Å²) in [6.07, 6.45) is 6.45. The van der Waals surface area contributed by atoms with Gasteiger partial charge in [-0.1, -0.05) is 19.3 Å². The zero-order valence-corrected chi connectivity index (χ0v) is 10.7. The minimum absolute atomic E-state index is 0.0763. The molecular formula is C11H21NO3S. The van der Waals surface area contributed by atoms with Gasteiger partial charge in [-0.3, -0.25) is 9.08 Å². The average Bonchev–Trinajstić information content (AvgIpc) is 2.24. The second-order valence-corrected chi connectivity index (χ2v) is 6.70. The normalized spacial score (nSPS) is 25.6. The van der Waals surface area contributed by atoms with Gasteiger partial charge < -0.3 is 0 Å². The summed E-state index contributed by atoms with van der Waals surface area (Å²) in [5, 5.41) is 0. The molecule has 0 radical (unpaired) electrons. The highest BCUT2D eigenvalue weighted by Gasteiger charge is 2.35. The van der Waals surface area contributed by atoms with Crippen molar-refractivity contribution >= 4 is 10.1 Å². The second kappa shape index (κ2) is 5.02. The lowest BCUT2D eigenvalue weighted by molar-refractivity contribution is -0.0154. The lowest BCUT2D eigenvalue weighted by Crippen LogP contribution is -2.57. The van der Waals surface area contributed by atoms with E-state index in [2.05, 4.69) is 4.90 Å². The molecule has 0 atom stereocenters. The molecule has 0 spiro atoms. The summed E-state index contributed by atoms with van der Waals surface area (Å²) in [5.74, 6) is 0.0763. The lowest BCUT2D eigenvalue weighted by atomic mass is 9.92. The molecule has 1 saturated carbocycles. The van der Waals surface area contributed by atoms with Crippen molar-refractivity contribution < 1.29 is 12.6 Å². The highest BCUT2D eigenvalue weighted by atomic mass is 32.2. The number of likely N-dealkylation sites (tertiary alicyclic amines) is 1. The molecular weight excluding hydrogens is 226 g/mol. The van der Waals surface area contributed by atoms with Crippen LogP contribution in [0.2, 0.25) is 0 Å². The minimum Gasteiger partial charge on any atom is -0.295 e. The van der Waals surface area contributed by atoms with Crippen LogP contribution in [0.4, 0.5) is 0 Å². The van der Waals surface area contributed by atoms with Crippen LogP contribution in [0.3, 0.4) is 0 Å².